The first-order valence-electron chi connectivity index (χ1n) is 10.5. The highest BCUT2D eigenvalue weighted by Gasteiger charge is 2.49. The van der Waals surface area contributed by atoms with Crippen LogP contribution < -0.4 is 4.90 Å². The molecule has 0 saturated carbocycles. The molecule has 1 amide bonds. The van der Waals surface area contributed by atoms with Crippen LogP contribution >= 0.6 is 11.3 Å². The highest BCUT2D eigenvalue weighted by molar-refractivity contribution is 7.95. The van der Waals surface area contributed by atoms with Crippen LogP contribution in [0.15, 0.2) is 70.2 Å². The zero-order chi connectivity index (χ0) is 26.2. The lowest BCUT2D eigenvalue weighted by molar-refractivity contribution is -0.384. The molecule has 13 heteroatoms. The fourth-order valence-electron chi connectivity index (χ4n) is 3.76. The Labute approximate surface area is 209 Å². The molecule has 1 N–H and O–H groups in total. The van der Waals surface area contributed by atoms with Crippen molar-refractivity contribution < 1.29 is 32.8 Å². The number of nitro benzene ring substituents is 1. The van der Waals surface area contributed by atoms with Gasteiger partial charge >= 0.3 is 5.97 Å². The van der Waals surface area contributed by atoms with E-state index in [0.717, 1.165) is 22.3 Å². The van der Waals surface area contributed by atoms with Crippen molar-refractivity contribution in [3.05, 3.63) is 91.5 Å². The number of carbonyl (C=O) groups is 2. The second-order valence-corrected chi connectivity index (χ2v) is 10.5. The van der Waals surface area contributed by atoms with E-state index in [1.807, 2.05) is 0 Å². The Balaban J connectivity index is 1.94. The van der Waals surface area contributed by atoms with Gasteiger partial charge in [-0.2, -0.15) is 0 Å². The van der Waals surface area contributed by atoms with E-state index in [1.54, 1.807) is 13.0 Å². The highest BCUT2D eigenvalue weighted by atomic mass is 32.2. The highest BCUT2D eigenvalue weighted by Crippen LogP contribution is 2.46. The van der Waals surface area contributed by atoms with Crippen LogP contribution in [-0.2, 0) is 19.4 Å². The Kier molecular flexibility index (Phi) is 6.61. The third kappa shape index (κ3) is 4.22. The molecule has 3 aromatic rings. The van der Waals surface area contributed by atoms with Crippen molar-refractivity contribution in [2.24, 2.45) is 0 Å². The standard InChI is InChI=1S/C23H19N3O8S2/c1-3-34-22(29)19-13(2)24-23(35-19)25-17(14-8-7-9-15(12-14)26(30)31)20(18(27)21(25)28)36(32,33)16-10-5-4-6-11-16/h4-12,17,27H,3H2,1-2H3/t17-/m1/s1. The number of amides is 1. The number of aliphatic hydroxyl groups is 1. The second-order valence-electron chi connectivity index (χ2n) is 7.59. The number of nitrogens with zero attached hydrogens (tertiary/aromatic N) is 3. The van der Waals surface area contributed by atoms with Crippen molar-refractivity contribution in [2.75, 3.05) is 11.5 Å². The lowest BCUT2D eigenvalue weighted by Gasteiger charge is -2.24. The van der Waals surface area contributed by atoms with Gasteiger partial charge in [0.1, 0.15) is 15.8 Å². The molecule has 0 unspecified atom stereocenters. The smallest absolute Gasteiger partial charge is 0.350 e. The van der Waals surface area contributed by atoms with Gasteiger partial charge in [-0.25, -0.2) is 18.2 Å². The summed E-state index contributed by atoms with van der Waals surface area (Å²) in [5.74, 6) is -2.79. The summed E-state index contributed by atoms with van der Waals surface area (Å²) in [5.41, 5.74) is -0.0511. The zero-order valence-electron chi connectivity index (χ0n) is 18.9. The predicted molar refractivity (Wildman–Crippen MR) is 129 cm³/mol. The van der Waals surface area contributed by atoms with E-state index in [0.29, 0.717) is 0 Å². The average molecular weight is 530 g/mol. The molecule has 11 nitrogen and oxygen atoms in total. The number of rotatable bonds is 7. The number of aryl methyl sites for hydroxylation is 1. The summed E-state index contributed by atoms with van der Waals surface area (Å²) in [6.07, 6.45) is 0. The number of hydrogen-bond acceptors (Lipinski definition) is 10. The Bertz CT molecular complexity index is 1510. The number of nitro groups is 1. The van der Waals surface area contributed by atoms with Gasteiger partial charge < -0.3 is 9.84 Å². The number of hydrogen-bond donors (Lipinski definition) is 1. The number of carbonyl (C=O) groups excluding carboxylic acids is 2. The van der Waals surface area contributed by atoms with Gasteiger partial charge in [0.15, 0.2) is 10.9 Å². The molecule has 0 saturated heterocycles. The monoisotopic (exact) mass is 529 g/mol. The minimum atomic E-state index is -4.44. The number of esters is 1. The van der Waals surface area contributed by atoms with Gasteiger partial charge in [0.2, 0.25) is 9.84 Å². The molecule has 0 aliphatic carbocycles. The third-order valence-electron chi connectivity index (χ3n) is 5.35. The maximum absolute atomic E-state index is 13.6. The van der Waals surface area contributed by atoms with E-state index < -0.39 is 43.3 Å². The van der Waals surface area contributed by atoms with E-state index in [9.17, 15) is 33.2 Å². The van der Waals surface area contributed by atoms with E-state index in [1.165, 1.54) is 49.4 Å². The molecule has 4 rings (SSSR count). The molecule has 2 aromatic carbocycles. The first-order valence-corrected chi connectivity index (χ1v) is 12.8. The molecular formula is C23H19N3O8S2. The summed E-state index contributed by atoms with van der Waals surface area (Å²) in [7, 11) is -4.44. The normalized spacial score (nSPS) is 15.9. The molecule has 1 atom stereocenters. The Morgan fingerprint density at radius 1 is 1.22 bits per heavy atom. The summed E-state index contributed by atoms with van der Waals surface area (Å²) in [6, 6.07) is 10.8. The van der Waals surface area contributed by atoms with E-state index in [2.05, 4.69) is 4.98 Å². The van der Waals surface area contributed by atoms with Crippen LogP contribution in [0.3, 0.4) is 0 Å². The largest absolute Gasteiger partial charge is 0.502 e. The average Bonchev–Trinajstić information content (AvgIpc) is 3.37. The fourth-order valence-corrected chi connectivity index (χ4v) is 6.40. The summed E-state index contributed by atoms with van der Waals surface area (Å²) in [6.45, 7) is 3.25. The molecule has 0 radical (unpaired) electrons. The zero-order valence-corrected chi connectivity index (χ0v) is 20.6. The van der Waals surface area contributed by atoms with Crippen LogP contribution in [0.2, 0.25) is 0 Å². The molecule has 1 aliphatic heterocycles. The summed E-state index contributed by atoms with van der Waals surface area (Å²) in [4.78, 5) is 40.8. The molecular weight excluding hydrogens is 510 g/mol. The van der Waals surface area contributed by atoms with Gasteiger partial charge in [-0.15, -0.1) is 0 Å². The van der Waals surface area contributed by atoms with Gasteiger partial charge in [-0.1, -0.05) is 41.7 Å². The number of thiazole rings is 1. The van der Waals surface area contributed by atoms with Gasteiger partial charge in [0.05, 0.1) is 22.1 Å². The number of aliphatic hydroxyl groups excluding tert-OH is 1. The third-order valence-corrected chi connectivity index (χ3v) is 8.38. The first-order chi connectivity index (χ1) is 17.1. The van der Waals surface area contributed by atoms with Gasteiger partial charge in [-0.3, -0.25) is 19.8 Å². The van der Waals surface area contributed by atoms with Crippen LogP contribution in [0.5, 0.6) is 0 Å². The summed E-state index contributed by atoms with van der Waals surface area (Å²) >= 11 is 0.781. The minimum Gasteiger partial charge on any atom is -0.502 e. The SMILES string of the molecule is CCOC(=O)c1sc(N2C(=O)C(O)=C(S(=O)(=O)c3ccccc3)[C@H]2c2cccc([N+](=O)[O-])c2)nc1C. The van der Waals surface area contributed by atoms with Crippen LogP contribution in [-0.4, -0.2) is 41.9 Å². The van der Waals surface area contributed by atoms with Crippen LogP contribution in [0, 0.1) is 17.0 Å². The van der Waals surface area contributed by atoms with Gasteiger partial charge in [0.25, 0.3) is 11.6 Å². The van der Waals surface area contributed by atoms with Crippen LogP contribution in [0.4, 0.5) is 10.8 Å². The Morgan fingerprint density at radius 2 is 1.92 bits per heavy atom. The molecule has 0 spiro atoms. The Hall–Kier alpha value is -4.10. The molecule has 186 valence electrons. The number of non-ortho nitro benzene ring substituents is 1. The topological polar surface area (TPSA) is 157 Å². The van der Waals surface area contributed by atoms with Gasteiger partial charge in [-0.05, 0) is 31.5 Å². The number of ether oxygens (including phenoxy) is 1. The van der Waals surface area contributed by atoms with Crippen LogP contribution in [0.25, 0.3) is 0 Å². The van der Waals surface area contributed by atoms with Crippen molar-refractivity contribution in [3.8, 4) is 0 Å². The number of aromatic nitrogens is 1. The molecule has 36 heavy (non-hydrogen) atoms. The summed E-state index contributed by atoms with van der Waals surface area (Å²) < 4.78 is 32.2. The fraction of sp³-hybridized carbons (Fsp3) is 0.174. The van der Waals surface area contributed by atoms with E-state index in [-0.39, 0.29) is 38.5 Å². The number of sulfone groups is 1. The van der Waals surface area contributed by atoms with Gasteiger partial charge in [0, 0.05) is 12.1 Å². The van der Waals surface area contributed by atoms with E-state index >= 15 is 0 Å². The maximum Gasteiger partial charge on any atom is 0.350 e. The molecule has 0 fully saturated rings. The lowest BCUT2D eigenvalue weighted by atomic mass is 10.1. The number of benzene rings is 2. The lowest BCUT2D eigenvalue weighted by Crippen LogP contribution is -2.31. The Morgan fingerprint density at radius 3 is 2.56 bits per heavy atom. The predicted octanol–water partition coefficient (Wildman–Crippen LogP) is 3.87. The van der Waals surface area contributed by atoms with Crippen LogP contribution in [0.1, 0.15) is 33.9 Å². The minimum absolute atomic E-state index is 0.0571. The molecule has 2 heterocycles. The molecule has 1 aliphatic rings. The van der Waals surface area contributed by atoms with E-state index in [4.69, 9.17) is 4.74 Å². The maximum atomic E-state index is 13.6. The van der Waals surface area contributed by atoms with Crippen molar-refractivity contribution in [1.82, 2.24) is 4.98 Å². The van der Waals surface area contributed by atoms with Crippen molar-refractivity contribution >= 4 is 43.9 Å². The molecule has 1 aromatic heterocycles. The first kappa shape index (κ1) is 25.0. The second kappa shape index (κ2) is 9.51. The van der Waals surface area contributed by atoms with Crippen molar-refractivity contribution in [1.29, 1.82) is 0 Å². The van der Waals surface area contributed by atoms with Crippen molar-refractivity contribution in [2.45, 2.75) is 24.8 Å². The quantitative estimate of drug-likeness (QED) is 0.272. The molecule has 0 bridgehead atoms. The summed E-state index contributed by atoms with van der Waals surface area (Å²) in [5, 5.41) is 22.2. The van der Waals surface area contributed by atoms with Crippen molar-refractivity contribution in [3.63, 3.8) is 0 Å². The number of anilines is 1.